The number of nitrogens with zero attached hydrogens (tertiary/aromatic N) is 4. The summed E-state index contributed by atoms with van der Waals surface area (Å²) in [6.45, 7) is 8.17. The van der Waals surface area contributed by atoms with Crippen LogP contribution >= 0.6 is 0 Å². The third-order valence-corrected chi connectivity index (χ3v) is 6.91. The second kappa shape index (κ2) is 8.98. The molecule has 0 spiro atoms. The van der Waals surface area contributed by atoms with Crippen molar-refractivity contribution in [3.05, 3.63) is 65.6 Å². The Kier molecular flexibility index (Phi) is 5.89. The van der Waals surface area contributed by atoms with Crippen molar-refractivity contribution in [2.24, 2.45) is 0 Å². The topological polar surface area (TPSA) is 47.1 Å². The average Bonchev–Trinajstić information content (AvgIpc) is 3.47. The Bertz CT molecular complexity index is 1070. The SMILES string of the molecule is CCN1CCN(C2=C(c3ccc(F)cc3)C(=O)N(c3ccc(N4CCCC4)cc3)C2=O)CC1. The van der Waals surface area contributed by atoms with Crippen molar-refractivity contribution in [3.63, 3.8) is 0 Å². The van der Waals surface area contributed by atoms with E-state index in [0.29, 0.717) is 35.6 Å². The summed E-state index contributed by atoms with van der Waals surface area (Å²) in [5, 5.41) is 0. The second-order valence-corrected chi connectivity index (χ2v) is 8.81. The molecule has 2 amide bonds. The molecule has 2 aromatic carbocycles. The number of halogens is 1. The summed E-state index contributed by atoms with van der Waals surface area (Å²) in [6, 6.07) is 13.5. The fourth-order valence-electron chi connectivity index (χ4n) is 5.00. The molecular weight excluding hydrogens is 419 g/mol. The van der Waals surface area contributed by atoms with E-state index in [2.05, 4.69) is 16.7 Å². The van der Waals surface area contributed by atoms with Gasteiger partial charge in [0.1, 0.15) is 11.5 Å². The number of amides is 2. The number of anilines is 2. The van der Waals surface area contributed by atoms with Crippen molar-refractivity contribution in [1.29, 1.82) is 0 Å². The van der Waals surface area contributed by atoms with Crippen LogP contribution in [0, 0.1) is 5.82 Å². The van der Waals surface area contributed by atoms with Crippen LogP contribution in [-0.4, -0.2) is 67.4 Å². The summed E-state index contributed by atoms with van der Waals surface area (Å²) in [5.74, 6) is -1.03. The van der Waals surface area contributed by atoms with Crippen molar-refractivity contribution >= 4 is 28.8 Å². The molecule has 0 saturated carbocycles. The molecule has 5 rings (SSSR count). The maximum absolute atomic E-state index is 13.7. The Morgan fingerprint density at radius 1 is 0.727 bits per heavy atom. The number of benzene rings is 2. The fraction of sp³-hybridized carbons (Fsp3) is 0.385. The quantitative estimate of drug-likeness (QED) is 0.657. The first-order chi connectivity index (χ1) is 16.1. The van der Waals surface area contributed by atoms with Crippen molar-refractivity contribution in [2.45, 2.75) is 19.8 Å². The van der Waals surface area contributed by atoms with Gasteiger partial charge in [-0.15, -0.1) is 0 Å². The molecule has 0 unspecified atom stereocenters. The van der Waals surface area contributed by atoms with Gasteiger partial charge in [0.05, 0.1) is 11.3 Å². The molecule has 2 aromatic rings. The van der Waals surface area contributed by atoms with Crippen LogP contribution in [0.3, 0.4) is 0 Å². The Morgan fingerprint density at radius 2 is 1.33 bits per heavy atom. The predicted molar refractivity (Wildman–Crippen MR) is 127 cm³/mol. The lowest BCUT2D eigenvalue weighted by Gasteiger charge is -2.36. The van der Waals surface area contributed by atoms with Crippen LogP contribution in [0.25, 0.3) is 5.57 Å². The lowest BCUT2D eigenvalue weighted by Crippen LogP contribution is -2.47. The monoisotopic (exact) mass is 448 g/mol. The number of imide groups is 1. The molecule has 33 heavy (non-hydrogen) atoms. The molecule has 7 heteroatoms. The highest BCUT2D eigenvalue weighted by Crippen LogP contribution is 2.36. The summed E-state index contributed by atoms with van der Waals surface area (Å²) < 4.78 is 13.6. The highest BCUT2D eigenvalue weighted by molar-refractivity contribution is 6.45. The fourth-order valence-corrected chi connectivity index (χ4v) is 5.00. The zero-order chi connectivity index (χ0) is 22.9. The van der Waals surface area contributed by atoms with E-state index in [1.807, 2.05) is 29.2 Å². The van der Waals surface area contributed by atoms with Crippen molar-refractivity contribution in [2.75, 3.05) is 55.6 Å². The van der Waals surface area contributed by atoms with Crippen molar-refractivity contribution < 1.29 is 14.0 Å². The average molecular weight is 449 g/mol. The molecule has 0 atom stereocenters. The van der Waals surface area contributed by atoms with Crippen LogP contribution in [0.4, 0.5) is 15.8 Å². The van der Waals surface area contributed by atoms with E-state index >= 15 is 0 Å². The molecule has 0 bridgehead atoms. The Hall–Kier alpha value is -3.19. The van der Waals surface area contributed by atoms with E-state index in [9.17, 15) is 14.0 Å². The molecule has 2 saturated heterocycles. The lowest BCUT2D eigenvalue weighted by atomic mass is 10.0. The minimum atomic E-state index is -0.372. The highest BCUT2D eigenvalue weighted by atomic mass is 19.1. The van der Waals surface area contributed by atoms with Crippen molar-refractivity contribution in [1.82, 2.24) is 9.80 Å². The van der Waals surface area contributed by atoms with Gasteiger partial charge in [-0.3, -0.25) is 9.59 Å². The Balaban J connectivity index is 1.49. The van der Waals surface area contributed by atoms with Crippen LogP contribution in [0.2, 0.25) is 0 Å². The maximum Gasteiger partial charge on any atom is 0.282 e. The van der Waals surface area contributed by atoms with Gasteiger partial charge in [-0.2, -0.15) is 0 Å². The zero-order valence-electron chi connectivity index (χ0n) is 19.0. The molecule has 2 fully saturated rings. The van der Waals surface area contributed by atoms with E-state index in [1.165, 1.54) is 29.9 Å². The number of likely N-dealkylation sites (N-methyl/N-ethyl adjacent to an activating group) is 1. The van der Waals surface area contributed by atoms with E-state index in [-0.39, 0.29) is 17.6 Å². The van der Waals surface area contributed by atoms with Crippen LogP contribution in [0.1, 0.15) is 25.3 Å². The summed E-state index contributed by atoms with van der Waals surface area (Å²) in [5.41, 5.74) is 3.02. The van der Waals surface area contributed by atoms with Gasteiger partial charge in [-0.25, -0.2) is 9.29 Å². The van der Waals surface area contributed by atoms with Gasteiger partial charge in [0.2, 0.25) is 0 Å². The summed E-state index contributed by atoms with van der Waals surface area (Å²) in [4.78, 5) is 35.2. The van der Waals surface area contributed by atoms with Crippen LogP contribution in [0.5, 0.6) is 0 Å². The molecule has 0 aromatic heterocycles. The highest BCUT2D eigenvalue weighted by Gasteiger charge is 2.43. The molecule has 3 heterocycles. The summed E-state index contributed by atoms with van der Waals surface area (Å²) >= 11 is 0. The number of carbonyl (C=O) groups is 2. The molecule has 6 nitrogen and oxygen atoms in total. The number of piperazine rings is 1. The Morgan fingerprint density at radius 3 is 1.94 bits per heavy atom. The van der Waals surface area contributed by atoms with E-state index in [0.717, 1.165) is 38.4 Å². The van der Waals surface area contributed by atoms with E-state index < -0.39 is 0 Å². The minimum absolute atomic E-state index is 0.307. The van der Waals surface area contributed by atoms with Gasteiger partial charge in [0.25, 0.3) is 11.8 Å². The predicted octanol–water partition coefficient (Wildman–Crippen LogP) is 3.35. The molecule has 172 valence electrons. The van der Waals surface area contributed by atoms with Crippen LogP contribution in [0.15, 0.2) is 54.2 Å². The zero-order valence-corrected chi connectivity index (χ0v) is 19.0. The largest absolute Gasteiger partial charge is 0.372 e. The minimum Gasteiger partial charge on any atom is -0.372 e. The summed E-state index contributed by atoms with van der Waals surface area (Å²) in [6.07, 6.45) is 2.37. The standard InChI is InChI=1S/C26H29FN4O2/c1-2-28-15-17-30(18-16-28)24-23(19-5-7-20(27)8-6-19)25(32)31(26(24)33)22-11-9-21(10-12-22)29-13-3-4-14-29/h5-12H,2-4,13-18H2,1H3. The smallest absolute Gasteiger partial charge is 0.282 e. The molecular formula is C26H29FN4O2. The first-order valence-electron chi connectivity index (χ1n) is 11.8. The number of rotatable bonds is 5. The van der Waals surface area contributed by atoms with Gasteiger partial charge in [0.15, 0.2) is 0 Å². The first kappa shape index (κ1) is 21.6. The third kappa shape index (κ3) is 4.02. The Labute approximate surface area is 193 Å². The normalized spacial score (nSPS) is 19.9. The van der Waals surface area contributed by atoms with Gasteiger partial charge in [-0.05, 0) is 61.3 Å². The van der Waals surface area contributed by atoms with Crippen LogP contribution < -0.4 is 9.80 Å². The number of carbonyl (C=O) groups excluding carboxylic acids is 2. The first-order valence-corrected chi connectivity index (χ1v) is 11.8. The van der Waals surface area contributed by atoms with Crippen LogP contribution in [-0.2, 0) is 9.59 Å². The molecule has 0 aliphatic carbocycles. The molecule has 0 radical (unpaired) electrons. The molecule has 3 aliphatic heterocycles. The third-order valence-electron chi connectivity index (χ3n) is 6.91. The maximum atomic E-state index is 13.7. The lowest BCUT2D eigenvalue weighted by molar-refractivity contribution is -0.120. The number of hydrogen-bond acceptors (Lipinski definition) is 5. The second-order valence-electron chi connectivity index (χ2n) is 8.81. The van der Waals surface area contributed by atoms with Gasteiger partial charge >= 0.3 is 0 Å². The van der Waals surface area contributed by atoms with E-state index in [4.69, 9.17) is 0 Å². The molecule has 3 aliphatic rings. The van der Waals surface area contributed by atoms with E-state index in [1.54, 1.807) is 12.1 Å². The van der Waals surface area contributed by atoms with Gasteiger partial charge in [0, 0.05) is 45.0 Å². The van der Waals surface area contributed by atoms with Gasteiger partial charge in [-0.1, -0.05) is 19.1 Å². The molecule has 0 N–H and O–H groups in total. The number of hydrogen-bond donors (Lipinski definition) is 0. The summed E-state index contributed by atoms with van der Waals surface area (Å²) in [7, 11) is 0. The van der Waals surface area contributed by atoms with Crippen molar-refractivity contribution in [3.8, 4) is 0 Å². The van der Waals surface area contributed by atoms with Gasteiger partial charge < -0.3 is 14.7 Å².